The molecule has 0 amide bonds. The van der Waals surface area contributed by atoms with E-state index in [1.165, 1.54) is 10.9 Å². The van der Waals surface area contributed by atoms with Crippen LogP contribution in [0.3, 0.4) is 0 Å². The summed E-state index contributed by atoms with van der Waals surface area (Å²) in [6.07, 6.45) is -4.60. The van der Waals surface area contributed by atoms with Gasteiger partial charge in [-0.3, -0.25) is 18.9 Å². The quantitative estimate of drug-likeness (QED) is 0.152. The number of aromatic amines is 1. The van der Waals surface area contributed by atoms with Crippen molar-refractivity contribution in [3.63, 3.8) is 0 Å². The Morgan fingerprint density at radius 3 is 2.27 bits per heavy atom. The summed E-state index contributed by atoms with van der Waals surface area (Å²) in [6.45, 7) is 2.51. The van der Waals surface area contributed by atoms with Gasteiger partial charge in [-0.1, -0.05) is 5.21 Å². The van der Waals surface area contributed by atoms with E-state index in [0.717, 1.165) is 6.20 Å². The molecular formula is C14H22N5O15P3. The Kier molecular flexibility index (Phi) is 8.58. The lowest BCUT2D eigenvalue weighted by atomic mass is 10.1. The molecule has 0 bridgehead atoms. The Hall–Kier alpha value is -1.89. The fraction of sp³-hybridized carbons (Fsp3) is 0.571. The minimum absolute atomic E-state index is 0.0703. The minimum atomic E-state index is -5.78. The van der Waals surface area contributed by atoms with Gasteiger partial charge in [-0.05, 0) is 13.8 Å². The molecule has 1 aliphatic heterocycles. The van der Waals surface area contributed by atoms with Crippen molar-refractivity contribution in [1.82, 2.24) is 24.5 Å². The smallest absolute Gasteiger partial charge is 0.387 e. The van der Waals surface area contributed by atoms with Crippen LogP contribution < -0.4 is 11.2 Å². The van der Waals surface area contributed by atoms with Crippen LogP contribution in [0.5, 0.6) is 0 Å². The van der Waals surface area contributed by atoms with Crippen molar-refractivity contribution in [2.75, 3.05) is 6.61 Å². The first-order valence-corrected chi connectivity index (χ1v) is 14.5. The first-order chi connectivity index (χ1) is 16.9. The maximum absolute atomic E-state index is 12.4. The summed E-state index contributed by atoms with van der Waals surface area (Å²) in [4.78, 5) is 62.5. The first kappa shape index (κ1) is 29.7. The van der Waals surface area contributed by atoms with Gasteiger partial charge in [-0.15, -0.1) is 5.10 Å². The Labute approximate surface area is 205 Å². The number of H-pyrrole nitrogens is 1. The van der Waals surface area contributed by atoms with Crippen molar-refractivity contribution in [2.24, 2.45) is 0 Å². The molecule has 6 atom stereocenters. The van der Waals surface area contributed by atoms with Gasteiger partial charge in [0, 0.05) is 12.2 Å². The second-order valence-corrected chi connectivity index (χ2v) is 12.2. The van der Waals surface area contributed by atoms with Crippen LogP contribution in [0, 0.1) is 0 Å². The molecule has 1 saturated heterocycles. The molecule has 0 aromatic carbocycles. The third-order valence-electron chi connectivity index (χ3n) is 4.71. The van der Waals surface area contributed by atoms with Crippen LogP contribution in [-0.2, 0) is 31.6 Å². The molecule has 7 N–H and O–H groups in total. The molecule has 37 heavy (non-hydrogen) atoms. The Bertz CT molecular complexity index is 1400. The number of phosphoric acid groups is 3. The maximum atomic E-state index is 12.4. The molecule has 2 aromatic heterocycles. The molecule has 20 nitrogen and oxygen atoms in total. The van der Waals surface area contributed by atoms with Gasteiger partial charge in [-0.2, -0.15) is 8.62 Å². The number of rotatable bonds is 10. The van der Waals surface area contributed by atoms with Gasteiger partial charge in [0.2, 0.25) is 0 Å². The van der Waals surface area contributed by atoms with E-state index >= 15 is 0 Å². The monoisotopic (exact) mass is 593 g/mol. The van der Waals surface area contributed by atoms with Crippen molar-refractivity contribution in [3.8, 4) is 11.3 Å². The third-order valence-corrected chi connectivity index (χ3v) is 8.51. The van der Waals surface area contributed by atoms with Crippen molar-refractivity contribution in [2.45, 2.75) is 44.4 Å². The largest absolute Gasteiger partial charge is 0.490 e. The van der Waals surface area contributed by atoms with Crippen molar-refractivity contribution >= 4 is 23.5 Å². The van der Waals surface area contributed by atoms with Gasteiger partial charge in [0.1, 0.15) is 24.0 Å². The zero-order valence-electron chi connectivity index (χ0n) is 18.7. The summed E-state index contributed by atoms with van der Waals surface area (Å²) in [7, 11) is -16.9. The first-order valence-electron chi connectivity index (χ1n) is 9.97. The molecule has 0 radical (unpaired) electrons. The number of aliphatic hydroxyl groups is 2. The van der Waals surface area contributed by atoms with Crippen LogP contribution in [-0.4, -0.2) is 79.3 Å². The van der Waals surface area contributed by atoms with Crippen LogP contribution >= 0.6 is 23.5 Å². The number of hydrogen-bond acceptors (Lipinski definition) is 13. The molecule has 2 aromatic rings. The summed E-state index contributed by atoms with van der Waals surface area (Å²) in [6, 6.07) is -0.100. The number of aromatic nitrogens is 5. The molecule has 3 unspecified atom stereocenters. The highest BCUT2D eigenvalue weighted by Crippen LogP contribution is 2.66. The molecule has 1 aliphatic rings. The summed E-state index contributed by atoms with van der Waals surface area (Å²) in [5.41, 5.74) is -1.97. The van der Waals surface area contributed by atoms with Crippen molar-refractivity contribution in [3.05, 3.63) is 33.2 Å². The van der Waals surface area contributed by atoms with E-state index < -0.39 is 65.9 Å². The number of aliphatic hydroxyl groups excluding tert-OH is 2. The maximum Gasteiger partial charge on any atom is 0.490 e. The predicted octanol–water partition coefficient (Wildman–Crippen LogP) is -1.66. The van der Waals surface area contributed by atoms with E-state index in [9.17, 15) is 43.3 Å². The predicted molar refractivity (Wildman–Crippen MR) is 116 cm³/mol. The minimum Gasteiger partial charge on any atom is -0.387 e. The average molecular weight is 593 g/mol. The lowest BCUT2D eigenvalue weighted by molar-refractivity contribution is -0.0541. The summed E-state index contributed by atoms with van der Waals surface area (Å²) < 4.78 is 53.0. The zero-order valence-corrected chi connectivity index (χ0v) is 21.4. The average Bonchev–Trinajstić information content (AvgIpc) is 3.31. The highest BCUT2D eigenvalue weighted by atomic mass is 31.3. The van der Waals surface area contributed by atoms with Gasteiger partial charge in [-0.25, -0.2) is 23.2 Å². The van der Waals surface area contributed by atoms with Gasteiger partial charge in [0.05, 0.1) is 18.4 Å². The molecule has 3 rings (SSSR count). The fourth-order valence-corrected chi connectivity index (χ4v) is 6.11. The SMILES string of the molecule is CC(C)n1cc(-c2cn([C@@H]3O[C@H](COP(=O)(O)OP(=O)(O)OP(=O)(O)O)C(O)[C@@H]3O)c(=O)[nH]c2=O)nn1. The standard InChI is InChI=1S/C14H22N5O15P3/c1-6(2)19-4-8(16-17-19)7-3-18(14(23)15-12(7)22)13-11(21)10(20)9(32-13)5-31-36(27,28)34-37(29,30)33-35(24,25)26/h3-4,6,9-11,13,20-21H,5H2,1-2H3,(H,27,28)(H,29,30)(H,15,22,23)(H2,24,25,26)/t9-,10?,11+,13-/m1/s1. The highest BCUT2D eigenvalue weighted by molar-refractivity contribution is 7.66. The molecule has 1 fully saturated rings. The van der Waals surface area contributed by atoms with Crippen molar-refractivity contribution in [1.29, 1.82) is 0 Å². The van der Waals surface area contributed by atoms with Gasteiger partial charge < -0.3 is 34.5 Å². The second-order valence-electron chi connectivity index (χ2n) is 7.82. The normalized spacial score (nSPS) is 25.8. The Morgan fingerprint density at radius 1 is 1.05 bits per heavy atom. The van der Waals surface area contributed by atoms with Gasteiger partial charge in [0.15, 0.2) is 6.23 Å². The van der Waals surface area contributed by atoms with E-state index in [1.807, 2.05) is 4.98 Å². The van der Waals surface area contributed by atoms with Gasteiger partial charge in [0.25, 0.3) is 5.56 Å². The Morgan fingerprint density at radius 2 is 1.70 bits per heavy atom. The van der Waals surface area contributed by atoms with Gasteiger partial charge >= 0.3 is 29.2 Å². The number of ether oxygens (including phenoxy) is 1. The second kappa shape index (κ2) is 10.7. The van der Waals surface area contributed by atoms with Crippen LogP contribution in [0.15, 0.2) is 22.0 Å². The van der Waals surface area contributed by atoms with E-state index in [0.29, 0.717) is 4.57 Å². The molecular weight excluding hydrogens is 571 g/mol. The van der Waals surface area contributed by atoms with E-state index in [2.05, 4.69) is 23.5 Å². The molecule has 0 aliphatic carbocycles. The highest BCUT2D eigenvalue weighted by Gasteiger charge is 2.47. The number of hydrogen-bond donors (Lipinski definition) is 7. The molecule has 208 valence electrons. The van der Waals surface area contributed by atoms with E-state index in [4.69, 9.17) is 14.5 Å². The zero-order chi connectivity index (χ0) is 27.9. The van der Waals surface area contributed by atoms with Crippen LogP contribution in [0.2, 0.25) is 0 Å². The number of phosphoric ester groups is 1. The van der Waals surface area contributed by atoms with Crippen LogP contribution in [0.4, 0.5) is 0 Å². The molecule has 0 spiro atoms. The third kappa shape index (κ3) is 7.36. The van der Waals surface area contributed by atoms with Crippen LogP contribution in [0.25, 0.3) is 11.3 Å². The fourth-order valence-electron chi connectivity index (χ4n) is 3.08. The number of nitrogens with one attached hydrogen (secondary N) is 1. The number of nitrogens with zero attached hydrogens (tertiary/aromatic N) is 4. The van der Waals surface area contributed by atoms with E-state index in [1.54, 1.807) is 13.8 Å². The van der Waals surface area contributed by atoms with Crippen molar-refractivity contribution < 1.29 is 61.4 Å². The molecule has 0 saturated carbocycles. The molecule has 3 heterocycles. The lowest BCUT2D eigenvalue weighted by Crippen LogP contribution is -2.38. The summed E-state index contributed by atoms with van der Waals surface area (Å²) >= 11 is 0. The van der Waals surface area contributed by atoms with Crippen LogP contribution in [0.1, 0.15) is 26.1 Å². The Balaban J connectivity index is 1.78. The summed E-state index contributed by atoms with van der Waals surface area (Å²) in [5.74, 6) is 0. The summed E-state index contributed by atoms with van der Waals surface area (Å²) in [5, 5.41) is 28.3. The van der Waals surface area contributed by atoms with E-state index in [-0.39, 0.29) is 17.3 Å². The lowest BCUT2D eigenvalue weighted by Gasteiger charge is -2.19. The molecule has 23 heteroatoms. The topological polar surface area (TPSA) is 295 Å².